The van der Waals surface area contributed by atoms with Crippen molar-refractivity contribution >= 4 is 0 Å². The Morgan fingerprint density at radius 3 is 2.67 bits per heavy atom. The fourth-order valence-electron chi connectivity index (χ4n) is 2.24. The summed E-state index contributed by atoms with van der Waals surface area (Å²) in [5.41, 5.74) is 0. The number of piperidine rings is 1. The minimum atomic E-state index is 0.663. The van der Waals surface area contributed by atoms with Gasteiger partial charge in [0, 0.05) is 19.8 Å². The second-order valence-corrected chi connectivity index (χ2v) is 4.73. The first-order valence-corrected chi connectivity index (χ1v) is 6.15. The summed E-state index contributed by atoms with van der Waals surface area (Å²) in [4.78, 5) is 2.42. The summed E-state index contributed by atoms with van der Waals surface area (Å²) in [5.74, 6) is 0.865. The van der Waals surface area contributed by atoms with E-state index in [0.29, 0.717) is 6.04 Å². The number of hydrogen-bond donors (Lipinski definition) is 1. The molecule has 0 bridgehead atoms. The first kappa shape index (κ1) is 12.9. The lowest BCUT2D eigenvalue weighted by atomic mass is 9.90. The number of rotatable bonds is 6. The van der Waals surface area contributed by atoms with Crippen LogP contribution in [-0.2, 0) is 4.74 Å². The molecule has 1 atom stereocenters. The molecule has 0 amide bonds. The quantitative estimate of drug-likeness (QED) is 0.675. The SMILES string of the molecule is COCCCNC(C)C1CCN(C)CC1. The molecule has 0 saturated carbocycles. The Morgan fingerprint density at radius 1 is 1.40 bits per heavy atom. The van der Waals surface area contributed by atoms with Crippen molar-refractivity contribution in [2.45, 2.75) is 32.2 Å². The maximum Gasteiger partial charge on any atom is 0.0474 e. The highest BCUT2D eigenvalue weighted by Gasteiger charge is 2.21. The van der Waals surface area contributed by atoms with E-state index < -0.39 is 0 Å². The van der Waals surface area contributed by atoms with Crippen molar-refractivity contribution in [2.24, 2.45) is 5.92 Å². The Hall–Kier alpha value is -0.120. The number of likely N-dealkylation sites (tertiary alicyclic amines) is 1. The summed E-state index contributed by atoms with van der Waals surface area (Å²) < 4.78 is 5.04. The van der Waals surface area contributed by atoms with Gasteiger partial charge in [-0.25, -0.2) is 0 Å². The van der Waals surface area contributed by atoms with Gasteiger partial charge in [0.25, 0.3) is 0 Å². The van der Waals surface area contributed by atoms with Crippen LogP contribution in [0.1, 0.15) is 26.2 Å². The molecule has 1 unspecified atom stereocenters. The third-order valence-corrected chi connectivity index (χ3v) is 3.46. The van der Waals surface area contributed by atoms with Gasteiger partial charge in [-0.3, -0.25) is 0 Å². The van der Waals surface area contributed by atoms with Gasteiger partial charge in [0.2, 0.25) is 0 Å². The lowest BCUT2D eigenvalue weighted by molar-refractivity contribution is 0.177. The normalized spacial score (nSPS) is 21.8. The largest absolute Gasteiger partial charge is 0.385 e. The Balaban J connectivity index is 2.08. The van der Waals surface area contributed by atoms with Crippen LogP contribution in [0.15, 0.2) is 0 Å². The third-order valence-electron chi connectivity index (χ3n) is 3.46. The fourth-order valence-corrected chi connectivity index (χ4v) is 2.24. The van der Waals surface area contributed by atoms with E-state index in [4.69, 9.17) is 4.74 Å². The van der Waals surface area contributed by atoms with Gasteiger partial charge >= 0.3 is 0 Å². The van der Waals surface area contributed by atoms with E-state index in [-0.39, 0.29) is 0 Å². The number of nitrogens with one attached hydrogen (secondary N) is 1. The van der Waals surface area contributed by atoms with Crippen LogP contribution in [0.4, 0.5) is 0 Å². The zero-order chi connectivity index (χ0) is 11.1. The maximum atomic E-state index is 5.04. The topological polar surface area (TPSA) is 24.5 Å². The molecule has 0 spiro atoms. The van der Waals surface area contributed by atoms with Crippen molar-refractivity contribution in [3.05, 3.63) is 0 Å². The van der Waals surface area contributed by atoms with Gasteiger partial charge in [0.15, 0.2) is 0 Å². The lowest BCUT2D eigenvalue weighted by Gasteiger charge is -2.33. The van der Waals surface area contributed by atoms with Crippen LogP contribution in [0.3, 0.4) is 0 Å². The molecule has 0 radical (unpaired) electrons. The highest BCUT2D eigenvalue weighted by atomic mass is 16.5. The molecule has 1 saturated heterocycles. The summed E-state index contributed by atoms with van der Waals surface area (Å²) in [5, 5.41) is 3.60. The maximum absolute atomic E-state index is 5.04. The fraction of sp³-hybridized carbons (Fsp3) is 1.00. The lowest BCUT2D eigenvalue weighted by Crippen LogP contribution is -2.41. The van der Waals surface area contributed by atoms with Crippen molar-refractivity contribution < 1.29 is 4.74 Å². The zero-order valence-corrected chi connectivity index (χ0v) is 10.5. The van der Waals surface area contributed by atoms with Crippen molar-refractivity contribution in [3.8, 4) is 0 Å². The molecule has 0 aliphatic carbocycles. The third kappa shape index (κ3) is 4.96. The van der Waals surface area contributed by atoms with Gasteiger partial charge in [-0.1, -0.05) is 0 Å². The molecular formula is C12H26N2O. The van der Waals surface area contributed by atoms with Gasteiger partial charge in [-0.2, -0.15) is 0 Å². The highest BCUT2D eigenvalue weighted by Crippen LogP contribution is 2.19. The molecule has 3 heteroatoms. The molecule has 0 aromatic heterocycles. The summed E-state index contributed by atoms with van der Waals surface area (Å²) in [6.07, 6.45) is 3.80. The average molecular weight is 214 g/mol. The Labute approximate surface area is 94.2 Å². The van der Waals surface area contributed by atoms with Crippen LogP contribution in [0, 0.1) is 5.92 Å². The Kier molecular flexibility index (Phi) is 6.22. The van der Waals surface area contributed by atoms with Crippen LogP contribution in [-0.4, -0.2) is 51.3 Å². The molecular weight excluding hydrogens is 188 g/mol. The zero-order valence-electron chi connectivity index (χ0n) is 10.5. The van der Waals surface area contributed by atoms with Crippen LogP contribution in [0.5, 0.6) is 0 Å². The number of ether oxygens (including phenoxy) is 1. The molecule has 1 fully saturated rings. The summed E-state index contributed by atoms with van der Waals surface area (Å²) >= 11 is 0. The van der Waals surface area contributed by atoms with Gasteiger partial charge in [0.1, 0.15) is 0 Å². The molecule has 1 aliphatic rings. The molecule has 0 aromatic carbocycles. The molecule has 0 aromatic rings. The van der Waals surface area contributed by atoms with E-state index in [0.717, 1.165) is 25.5 Å². The minimum absolute atomic E-state index is 0.663. The van der Waals surface area contributed by atoms with Crippen molar-refractivity contribution in [1.29, 1.82) is 0 Å². The minimum Gasteiger partial charge on any atom is -0.385 e. The van der Waals surface area contributed by atoms with Gasteiger partial charge in [0.05, 0.1) is 0 Å². The second-order valence-electron chi connectivity index (χ2n) is 4.73. The predicted octanol–water partition coefficient (Wildman–Crippen LogP) is 1.34. The monoisotopic (exact) mass is 214 g/mol. The van der Waals surface area contributed by atoms with E-state index in [2.05, 4.69) is 24.2 Å². The molecule has 1 heterocycles. The second kappa shape index (κ2) is 7.20. The molecule has 1 rings (SSSR count). The van der Waals surface area contributed by atoms with E-state index >= 15 is 0 Å². The summed E-state index contributed by atoms with van der Waals surface area (Å²) in [6, 6.07) is 0.663. The van der Waals surface area contributed by atoms with Crippen LogP contribution in [0.25, 0.3) is 0 Å². The van der Waals surface area contributed by atoms with Crippen molar-refractivity contribution in [3.63, 3.8) is 0 Å². The van der Waals surface area contributed by atoms with E-state index in [1.54, 1.807) is 7.11 Å². The summed E-state index contributed by atoms with van der Waals surface area (Å²) in [6.45, 7) is 6.79. The van der Waals surface area contributed by atoms with Crippen LogP contribution < -0.4 is 5.32 Å². The van der Waals surface area contributed by atoms with Gasteiger partial charge in [-0.15, -0.1) is 0 Å². The Morgan fingerprint density at radius 2 is 2.07 bits per heavy atom. The smallest absolute Gasteiger partial charge is 0.0474 e. The van der Waals surface area contributed by atoms with E-state index in [9.17, 15) is 0 Å². The molecule has 1 aliphatic heterocycles. The number of hydrogen-bond acceptors (Lipinski definition) is 3. The van der Waals surface area contributed by atoms with E-state index in [1.165, 1.54) is 25.9 Å². The predicted molar refractivity (Wildman–Crippen MR) is 64.2 cm³/mol. The van der Waals surface area contributed by atoms with Gasteiger partial charge < -0.3 is 15.0 Å². The first-order chi connectivity index (χ1) is 7.24. The van der Waals surface area contributed by atoms with E-state index in [1.807, 2.05) is 0 Å². The van der Waals surface area contributed by atoms with Crippen LogP contribution >= 0.6 is 0 Å². The van der Waals surface area contributed by atoms with Gasteiger partial charge in [-0.05, 0) is 58.8 Å². The summed E-state index contributed by atoms with van der Waals surface area (Å²) in [7, 11) is 3.98. The highest BCUT2D eigenvalue weighted by molar-refractivity contribution is 4.78. The standard InChI is InChI=1S/C12H26N2O/c1-11(13-7-4-10-15-3)12-5-8-14(2)9-6-12/h11-13H,4-10H2,1-3H3. The molecule has 90 valence electrons. The molecule has 1 N–H and O–H groups in total. The first-order valence-electron chi connectivity index (χ1n) is 6.15. The van der Waals surface area contributed by atoms with Crippen LogP contribution in [0.2, 0.25) is 0 Å². The number of nitrogens with zero attached hydrogens (tertiary/aromatic N) is 1. The molecule has 15 heavy (non-hydrogen) atoms. The number of methoxy groups -OCH3 is 1. The van der Waals surface area contributed by atoms with Crippen molar-refractivity contribution in [1.82, 2.24) is 10.2 Å². The average Bonchev–Trinajstić information content (AvgIpc) is 2.25. The van der Waals surface area contributed by atoms with Crippen molar-refractivity contribution in [2.75, 3.05) is 40.4 Å². The Bertz CT molecular complexity index is 156. The molecule has 3 nitrogen and oxygen atoms in total.